The van der Waals surface area contributed by atoms with E-state index in [4.69, 9.17) is 5.73 Å². The van der Waals surface area contributed by atoms with Crippen LogP contribution in [-0.2, 0) is 6.54 Å². The molecule has 0 spiro atoms. The molecule has 0 unspecified atom stereocenters. The lowest BCUT2D eigenvalue weighted by Gasteiger charge is -2.07. The van der Waals surface area contributed by atoms with E-state index in [9.17, 15) is 19.3 Å². The van der Waals surface area contributed by atoms with E-state index in [0.717, 1.165) is 23.8 Å². The summed E-state index contributed by atoms with van der Waals surface area (Å²) in [7, 11) is 0. The fraction of sp³-hybridized carbons (Fsp3) is 0.0714. The lowest BCUT2D eigenvalue weighted by atomic mass is 10.1. The molecule has 0 aliphatic heterocycles. The van der Waals surface area contributed by atoms with Gasteiger partial charge < -0.3 is 11.1 Å². The van der Waals surface area contributed by atoms with Gasteiger partial charge in [-0.05, 0) is 23.8 Å². The van der Waals surface area contributed by atoms with Crippen LogP contribution in [-0.4, -0.2) is 10.8 Å². The molecule has 0 saturated carbocycles. The first kappa shape index (κ1) is 14.4. The topological polar surface area (TPSA) is 98.3 Å². The zero-order valence-electron chi connectivity index (χ0n) is 10.9. The average molecular weight is 289 g/mol. The van der Waals surface area contributed by atoms with Gasteiger partial charge in [-0.15, -0.1) is 0 Å². The monoisotopic (exact) mass is 289 g/mol. The van der Waals surface area contributed by atoms with E-state index in [2.05, 4.69) is 5.32 Å². The van der Waals surface area contributed by atoms with Gasteiger partial charge in [0.1, 0.15) is 11.5 Å². The second kappa shape index (κ2) is 6.00. The normalized spacial score (nSPS) is 10.1. The number of carbonyl (C=O) groups is 1. The molecule has 3 N–H and O–H groups in total. The standard InChI is InChI=1S/C14H12FN3O3/c15-11-5-6-13(18(20)21)12(7-11)17-8-9-1-3-10(4-2-9)14(16)19/h1-7,17H,8H2,(H2,16,19). The van der Waals surface area contributed by atoms with Crippen molar-refractivity contribution in [2.24, 2.45) is 5.73 Å². The quantitative estimate of drug-likeness (QED) is 0.652. The maximum Gasteiger partial charge on any atom is 0.292 e. The SMILES string of the molecule is NC(=O)c1ccc(CNc2cc(F)ccc2[N+](=O)[O-])cc1. The summed E-state index contributed by atoms with van der Waals surface area (Å²) in [6, 6.07) is 9.64. The zero-order valence-corrected chi connectivity index (χ0v) is 10.9. The Hall–Kier alpha value is -2.96. The van der Waals surface area contributed by atoms with Crippen molar-refractivity contribution in [3.8, 4) is 0 Å². The van der Waals surface area contributed by atoms with Gasteiger partial charge in [-0.2, -0.15) is 0 Å². The van der Waals surface area contributed by atoms with Crippen molar-refractivity contribution in [3.05, 3.63) is 69.5 Å². The van der Waals surface area contributed by atoms with Crippen LogP contribution in [0.3, 0.4) is 0 Å². The number of halogens is 1. The van der Waals surface area contributed by atoms with Crippen molar-refractivity contribution in [3.63, 3.8) is 0 Å². The molecule has 0 atom stereocenters. The maximum atomic E-state index is 13.2. The predicted molar refractivity (Wildman–Crippen MR) is 75.3 cm³/mol. The molecule has 0 bridgehead atoms. The van der Waals surface area contributed by atoms with Crippen LogP contribution in [0.4, 0.5) is 15.8 Å². The maximum absolute atomic E-state index is 13.2. The lowest BCUT2D eigenvalue weighted by Crippen LogP contribution is -2.11. The lowest BCUT2D eigenvalue weighted by molar-refractivity contribution is -0.384. The molecular weight excluding hydrogens is 277 g/mol. The van der Waals surface area contributed by atoms with E-state index in [-0.39, 0.29) is 17.9 Å². The van der Waals surface area contributed by atoms with Crippen molar-refractivity contribution >= 4 is 17.3 Å². The van der Waals surface area contributed by atoms with Gasteiger partial charge in [0, 0.05) is 24.2 Å². The van der Waals surface area contributed by atoms with Gasteiger partial charge in [-0.1, -0.05) is 12.1 Å². The minimum atomic E-state index is -0.585. The van der Waals surface area contributed by atoms with Crippen molar-refractivity contribution < 1.29 is 14.1 Å². The molecular formula is C14H12FN3O3. The predicted octanol–water partition coefficient (Wildman–Crippen LogP) is 2.44. The van der Waals surface area contributed by atoms with E-state index in [1.54, 1.807) is 24.3 Å². The number of benzene rings is 2. The zero-order chi connectivity index (χ0) is 15.4. The number of hydrogen-bond donors (Lipinski definition) is 2. The number of nitrogens with two attached hydrogens (primary N) is 1. The number of amides is 1. The Morgan fingerprint density at radius 3 is 2.48 bits per heavy atom. The van der Waals surface area contributed by atoms with Crippen LogP contribution in [0.25, 0.3) is 0 Å². The highest BCUT2D eigenvalue weighted by molar-refractivity contribution is 5.92. The third kappa shape index (κ3) is 3.53. The smallest absolute Gasteiger partial charge is 0.292 e. The number of nitro benzene ring substituents is 1. The number of anilines is 1. The Kier molecular flexibility index (Phi) is 4.13. The Morgan fingerprint density at radius 1 is 1.24 bits per heavy atom. The first-order chi connectivity index (χ1) is 9.97. The van der Waals surface area contributed by atoms with Crippen LogP contribution in [0.5, 0.6) is 0 Å². The molecule has 0 aliphatic carbocycles. The second-order valence-corrected chi connectivity index (χ2v) is 4.33. The molecule has 6 nitrogen and oxygen atoms in total. The summed E-state index contributed by atoms with van der Waals surface area (Å²) in [5.74, 6) is -1.09. The second-order valence-electron chi connectivity index (χ2n) is 4.33. The van der Waals surface area contributed by atoms with Gasteiger partial charge in [0.05, 0.1) is 4.92 Å². The molecule has 0 fully saturated rings. The van der Waals surface area contributed by atoms with Crippen LogP contribution in [0, 0.1) is 15.9 Å². The summed E-state index contributed by atoms with van der Waals surface area (Å²) in [6.07, 6.45) is 0. The van der Waals surface area contributed by atoms with Crippen LogP contribution in [0.1, 0.15) is 15.9 Å². The van der Waals surface area contributed by atoms with Crippen molar-refractivity contribution in [1.82, 2.24) is 0 Å². The molecule has 0 heterocycles. The molecule has 2 aromatic carbocycles. The van der Waals surface area contributed by atoms with E-state index in [0.29, 0.717) is 5.56 Å². The molecule has 2 rings (SSSR count). The summed E-state index contributed by atoms with van der Waals surface area (Å²) in [4.78, 5) is 21.2. The van der Waals surface area contributed by atoms with Crippen molar-refractivity contribution in [1.29, 1.82) is 0 Å². The number of rotatable bonds is 5. The summed E-state index contributed by atoms with van der Waals surface area (Å²) in [5, 5.41) is 13.7. The molecule has 21 heavy (non-hydrogen) atoms. The Morgan fingerprint density at radius 2 is 1.90 bits per heavy atom. The first-order valence-corrected chi connectivity index (χ1v) is 6.04. The third-order valence-electron chi connectivity index (χ3n) is 2.88. The minimum Gasteiger partial charge on any atom is -0.375 e. The van der Waals surface area contributed by atoms with Gasteiger partial charge in [0.25, 0.3) is 5.69 Å². The Bertz CT molecular complexity index is 686. The summed E-state index contributed by atoms with van der Waals surface area (Å²) < 4.78 is 13.2. The van der Waals surface area contributed by atoms with E-state index >= 15 is 0 Å². The fourth-order valence-corrected chi connectivity index (χ4v) is 1.79. The van der Waals surface area contributed by atoms with Crippen LogP contribution < -0.4 is 11.1 Å². The van der Waals surface area contributed by atoms with E-state index in [1.807, 2.05) is 0 Å². The number of nitrogens with zero attached hydrogens (tertiary/aromatic N) is 1. The van der Waals surface area contributed by atoms with Gasteiger partial charge in [0.2, 0.25) is 5.91 Å². The molecule has 0 aromatic heterocycles. The molecule has 0 aliphatic rings. The highest BCUT2D eigenvalue weighted by Crippen LogP contribution is 2.25. The molecule has 108 valence electrons. The molecule has 0 radical (unpaired) electrons. The van der Waals surface area contributed by atoms with Gasteiger partial charge in [-0.3, -0.25) is 14.9 Å². The third-order valence-corrected chi connectivity index (χ3v) is 2.88. The van der Waals surface area contributed by atoms with Crippen molar-refractivity contribution in [2.75, 3.05) is 5.32 Å². The van der Waals surface area contributed by atoms with Gasteiger partial charge in [0.15, 0.2) is 0 Å². The van der Waals surface area contributed by atoms with Crippen LogP contribution >= 0.6 is 0 Å². The minimum absolute atomic E-state index is 0.0963. The van der Waals surface area contributed by atoms with Gasteiger partial charge >= 0.3 is 0 Å². The number of nitrogens with one attached hydrogen (secondary N) is 1. The number of carbonyl (C=O) groups excluding carboxylic acids is 1. The molecule has 7 heteroatoms. The Balaban J connectivity index is 2.14. The fourth-order valence-electron chi connectivity index (χ4n) is 1.79. The number of primary amides is 1. The number of nitro groups is 1. The summed E-state index contributed by atoms with van der Waals surface area (Å²) in [5.41, 5.74) is 6.17. The van der Waals surface area contributed by atoms with E-state index in [1.165, 1.54) is 0 Å². The first-order valence-electron chi connectivity index (χ1n) is 6.04. The van der Waals surface area contributed by atoms with Crippen molar-refractivity contribution in [2.45, 2.75) is 6.54 Å². The van der Waals surface area contributed by atoms with E-state index < -0.39 is 16.6 Å². The largest absolute Gasteiger partial charge is 0.375 e. The Labute approximate surface area is 119 Å². The highest BCUT2D eigenvalue weighted by atomic mass is 19.1. The average Bonchev–Trinajstić information content (AvgIpc) is 2.45. The molecule has 1 amide bonds. The molecule has 0 saturated heterocycles. The number of hydrogen-bond acceptors (Lipinski definition) is 4. The summed E-state index contributed by atoms with van der Waals surface area (Å²) >= 11 is 0. The van der Waals surface area contributed by atoms with Crippen LogP contribution in [0.15, 0.2) is 42.5 Å². The highest BCUT2D eigenvalue weighted by Gasteiger charge is 2.14. The van der Waals surface area contributed by atoms with Crippen LogP contribution in [0.2, 0.25) is 0 Å². The summed E-state index contributed by atoms with van der Waals surface area (Å²) in [6.45, 7) is 0.253. The van der Waals surface area contributed by atoms with Gasteiger partial charge in [-0.25, -0.2) is 4.39 Å². The molecule has 2 aromatic rings.